The lowest BCUT2D eigenvalue weighted by molar-refractivity contribution is -0.183. The van der Waals surface area contributed by atoms with E-state index in [0.717, 1.165) is 96.6 Å². The summed E-state index contributed by atoms with van der Waals surface area (Å²) in [6, 6.07) is 22.0. The van der Waals surface area contributed by atoms with Crippen LogP contribution in [0.25, 0.3) is 22.3 Å². The van der Waals surface area contributed by atoms with Gasteiger partial charge in [0.2, 0.25) is 11.8 Å². The van der Waals surface area contributed by atoms with Crippen molar-refractivity contribution in [3.8, 4) is 33.8 Å². The summed E-state index contributed by atoms with van der Waals surface area (Å²) in [6.07, 6.45) is 2.70. The van der Waals surface area contributed by atoms with Crippen molar-refractivity contribution in [2.75, 3.05) is 99.1 Å². The minimum Gasteiger partial charge on any atom is -0.496 e. The van der Waals surface area contributed by atoms with Crippen LogP contribution in [0.1, 0.15) is 181 Å². The average Bonchev–Trinajstić information content (AvgIpc) is 1.14. The topological polar surface area (TPSA) is 262 Å². The molecule has 618 valence electrons. The first-order valence-electron chi connectivity index (χ1n) is 41.3. The average molecular weight is 1540 g/mol. The number of nitrogens with one attached hydrogen (secondary N) is 5. The number of nitrogens with zero attached hydrogens (tertiary/aromatic N) is 5. The second kappa shape index (κ2) is 37.9. The number of methoxy groups -OCH3 is 2. The molecule has 22 heteroatoms. The van der Waals surface area contributed by atoms with Crippen LogP contribution in [-0.2, 0) is 32.4 Å². The second-order valence-electron chi connectivity index (χ2n) is 37.2. The number of amides is 4. The maximum Gasteiger partial charge on any atom is 0.251 e. The SMILES string of the molecule is COc1c(CN2O[C@@H](CO)[C@@H]([C@H](C)O)[C@H]2C(=O)N[C@H]2C[C@H]3C[C@@H]([C@@H]2C)C3(C)C)cccc1-c1cc(C(=O)N[C@@H](CC(C)C)CN(C)C)cc(N(C)CC(C)C)c1.COc1c(CN2O[C@@H](CO)[C@@H]([C@H](C)O)[C@H]2C(=O)N[C@H]2C[C@H]3C[C@@H]([C@@H]2C)C3(C)C)cccc1-c1cc(NCC(C)C)cc(C(=O)N[C@@H](CC(C)C)CN(C)C)c1. The summed E-state index contributed by atoms with van der Waals surface area (Å²) in [7, 11) is 13.4. The van der Waals surface area contributed by atoms with Crippen LogP contribution >= 0.6 is 0 Å². The van der Waals surface area contributed by atoms with Crippen LogP contribution < -0.4 is 41.0 Å². The molecule has 8 aliphatic rings. The van der Waals surface area contributed by atoms with E-state index >= 15 is 0 Å². The lowest BCUT2D eigenvalue weighted by Crippen LogP contribution is -2.62. The van der Waals surface area contributed by atoms with E-state index in [1.54, 1.807) is 38.2 Å². The second-order valence-corrected chi connectivity index (χ2v) is 37.2. The predicted octanol–water partition coefficient (Wildman–Crippen LogP) is 11.6. The van der Waals surface area contributed by atoms with Gasteiger partial charge in [-0.3, -0.25) is 28.9 Å². The Kier molecular flexibility index (Phi) is 30.2. The number of carbonyl (C=O) groups excluding carboxylic acids is 4. The number of aliphatic hydroxyl groups is 4. The zero-order chi connectivity index (χ0) is 81.6. The number of benzene rings is 4. The Bertz CT molecular complexity index is 3750. The van der Waals surface area contributed by atoms with E-state index in [9.17, 15) is 39.6 Å². The van der Waals surface area contributed by atoms with Crippen LogP contribution in [0.3, 0.4) is 0 Å². The Morgan fingerprint density at radius 3 is 1.32 bits per heavy atom. The summed E-state index contributed by atoms with van der Waals surface area (Å²) in [5.74, 6) is 3.85. The lowest BCUT2D eigenvalue weighted by Gasteiger charge is -2.62. The smallest absolute Gasteiger partial charge is 0.251 e. The van der Waals surface area contributed by atoms with Gasteiger partial charge in [-0.05, 0) is 198 Å². The predicted molar refractivity (Wildman–Crippen MR) is 442 cm³/mol. The standard InChI is InChI=1S/C45H71N5O6.C44H69N5O6/c1-26(2)16-34(24-48(9)10)46-43(53)32-17-31(18-35(19-32)49(11)22-27(3)4)36-15-13-14-30(42(36)55-12)23-50-41(40(29(6)52)39(25-51)56-50)44(54)47-38-21-33-20-37(28(38)5)45(33,7)8;1-25(2)15-34(23-48(9)10)46-42(52)31-16-30(17-33(18-31)45-21-26(3)4)35-14-12-13-29(41(35)54-11)22-49-40(39(28(6)51)38(24-50)55-49)43(53)47-37-20-32-19-36(27(37)5)44(32,7)8/h13-15,17-19,26-29,33-34,37-41,51-52H,16,20-25H2,1-12H3,(H,46,53)(H,47,54);12-14,16-18,25-28,32,34,36-40,45,50-51H,15,19-24H2,1-11H3,(H,46,52)(H,47,53)/t28-,29-,33+,34-,37-,38-,39-,40+,41-;27-,28-,32+,34-,36-,37-,38-,39+,40-/m00/s1. The van der Waals surface area contributed by atoms with Crippen molar-refractivity contribution in [2.24, 2.45) is 81.8 Å². The van der Waals surface area contributed by atoms with Crippen molar-refractivity contribution in [1.82, 2.24) is 41.2 Å². The number of ether oxygens (including phenoxy) is 2. The molecule has 12 rings (SSSR count). The molecule has 0 spiro atoms. The molecule has 2 saturated heterocycles. The first-order valence-corrected chi connectivity index (χ1v) is 41.3. The fraction of sp³-hybridized carbons (Fsp3) is 0.685. The van der Waals surface area contributed by atoms with Crippen LogP contribution in [0.15, 0.2) is 72.8 Å². The third-order valence-corrected chi connectivity index (χ3v) is 25.5. The highest BCUT2D eigenvalue weighted by molar-refractivity contribution is 5.98. The van der Waals surface area contributed by atoms with Crippen LogP contribution in [0.5, 0.6) is 11.5 Å². The van der Waals surface area contributed by atoms with E-state index in [0.29, 0.717) is 81.8 Å². The number of anilines is 2. The highest BCUT2D eigenvalue weighted by Crippen LogP contribution is 2.62. The number of rotatable bonds is 34. The zero-order valence-corrected chi connectivity index (χ0v) is 71.3. The van der Waals surface area contributed by atoms with Crippen LogP contribution in [0.4, 0.5) is 11.4 Å². The molecule has 6 aliphatic carbocycles. The molecule has 0 aromatic heterocycles. The van der Waals surface area contributed by atoms with Crippen molar-refractivity contribution < 1.29 is 58.8 Å². The van der Waals surface area contributed by atoms with Gasteiger partial charge in [0.25, 0.3) is 11.8 Å². The summed E-state index contributed by atoms with van der Waals surface area (Å²) < 4.78 is 12.3. The molecule has 4 aromatic carbocycles. The van der Waals surface area contributed by atoms with Crippen LogP contribution in [0, 0.1) is 81.8 Å². The first-order chi connectivity index (χ1) is 52.3. The van der Waals surface area contributed by atoms with Crippen molar-refractivity contribution in [3.63, 3.8) is 0 Å². The lowest BCUT2D eigenvalue weighted by atomic mass is 9.45. The molecule has 8 fully saturated rings. The number of aliphatic hydroxyl groups excluding tert-OH is 4. The number of hydrogen-bond acceptors (Lipinski definition) is 18. The minimum atomic E-state index is -0.898. The molecule has 6 saturated carbocycles. The minimum absolute atomic E-state index is 0.00577. The summed E-state index contributed by atoms with van der Waals surface area (Å²) in [6.45, 7) is 37.2. The fourth-order valence-corrected chi connectivity index (χ4v) is 19.7. The number of hydroxylamine groups is 4. The van der Waals surface area contributed by atoms with Crippen molar-refractivity contribution in [2.45, 2.75) is 223 Å². The van der Waals surface area contributed by atoms with E-state index in [4.69, 9.17) is 19.1 Å². The van der Waals surface area contributed by atoms with E-state index < -0.39 is 48.3 Å². The van der Waals surface area contributed by atoms with E-state index in [-0.39, 0.29) is 84.9 Å². The molecular formula is C89H140N10O12. The van der Waals surface area contributed by atoms with E-state index in [1.807, 2.05) is 102 Å². The van der Waals surface area contributed by atoms with Gasteiger partial charge in [0.1, 0.15) is 35.8 Å². The quantitative estimate of drug-likeness (QED) is 0.0210. The van der Waals surface area contributed by atoms with Gasteiger partial charge in [0, 0.05) is 114 Å². The number of para-hydroxylation sites is 2. The highest BCUT2D eigenvalue weighted by atomic mass is 16.7. The van der Waals surface area contributed by atoms with Crippen LogP contribution in [-0.4, -0.2) is 213 Å². The molecule has 4 bridgehead atoms. The Labute approximate surface area is 664 Å². The molecule has 18 atom stereocenters. The van der Waals surface area contributed by atoms with Gasteiger partial charge in [0.05, 0.1) is 52.7 Å². The molecule has 2 aliphatic heterocycles. The molecule has 2 heterocycles. The largest absolute Gasteiger partial charge is 0.496 e. The Morgan fingerprint density at radius 2 is 0.964 bits per heavy atom. The third-order valence-electron chi connectivity index (χ3n) is 25.5. The number of fused-ring (bicyclic) bond motifs is 4. The molecule has 22 nitrogen and oxygen atoms in total. The maximum absolute atomic E-state index is 14.3. The maximum atomic E-state index is 14.3. The molecule has 111 heavy (non-hydrogen) atoms. The Morgan fingerprint density at radius 1 is 0.550 bits per heavy atom. The molecule has 0 radical (unpaired) electrons. The summed E-state index contributed by atoms with van der Waals surface area (Å²) >= 11 is 0. The molecule has 9 N–H and O–H groups in total. The number of hydrogen-bond donors (Lipinski definition) is 9. The fourth-order valence-electron chi connectivity index (χ4n) is 19.7. The van der Waals surface area contributed by atoms with Crippen molar-refractivity contribution in [3.05, 3.63) is 95.1 Å². The normalized spacial score (nSPS) is 27.0. The molecule has 4 amide bonds. The van der Waals surface area contributed by atoms with Crippen LogP contribution in [0.2, 0.25) is 0 Å². The van der Waals surface area contributed by atoms with E-state index in [2.05, 4.69) is 144 Å². The van der Waals surface area contributed by atoms with E-state index in [1.165, 1.54) is 12.8 Å². The van der Waals surface area contributed by atoms with Gasteiger partial charge in [-0.15, -0.1) is 0 Å². The van der Waals surface area contributed by atoms with Gasteiger partial charge in [0.15, 0.2) is 0 Å². The summed E-state index contributed by atoms with van der Waals surface area (Å²) in [5, 5.41) is 62.9. The monoisotopic (exact) mass is 1540 g/mol. The molecule has 4 aromatic rings. The van der Waals surface area contributed by atoms with Gasteiger partial charge in [-0.25, -0.2) is 0 Å². The summed E-state index contributed by atoms with van der Waals surface area (Å²) in [5.41, 5.74) is 8.20. The number of likely N-dealkylation sites (N-methyl/N-ethyl adjacent to an activating group) is 2. The van der Waals surface area contributed by atoms with Gasteiger partial charge >= 0.3 is 0 Å². The number of carbonyl (C=O) groups is 4. The van der Waals surface area contributed by atoms with Gasteiger partial charge in [-0.1, -0.05) is 133 Å². The van der Waals surface area contributed by atoms with Gasteiger partial charge in [-0.2, -0.15) is 10.1 Å². The molecule has 0 unspecified atom stereocenters. The summed E-state index contributed by atoms with van der Waals surface area (Å²) in [4.78, 5) is 75.6. The Hall–Kier alpha value is -6.44. The third kappa shape index (κ3) is 20.8. The first kappa shape index (κ1) is 88.5. The van der Waals surface area contributed by atoms with Crippen molar-refractivity contribution in [1.29, 1.82) is 0 Å². The van der Waals surface area contributed by atoms with Crippen molar-refractivity contribution >= 4 is 35.0 Å². The Balaban J connectivity index is 0.000000255. The highest BCUT2D eigenvalue weighted by Gasteiger charge is 2.59. The zero-order valence-electron chi connectivity index (χ0n) is 71.3. The molecular weight excluding hydrogens is 1400 g/mol. The van der Waals surface area contributed by atoms with Gasteiger partial charge < -0.3 is 71.2 Å².